The largest absolute Gasteiger partial charge is 0.502 e. The molecule has 0 radical (unpaired) electrons. The van der Waals surface area contributed by atoms with Crippen LogP contribution in [-0.2, 0) is 9.59 Å². The molecule has 5 heteroatoms. The minimum atomic E-state index is -1.45. The number of rotatable bonds is 4. The van der Waals surface area contributed by atoms with E-state index in [2.05, 4.69) is 0 Å². The average molecular weight is 160 g/mol. The van der Waals surface area contributed by atoms with Gasteiger partial charge in [-0.15, -0.1) is 0 Å². The molecule has 0 unspecified atom stereocenters. The average Bonchev–Trinajstić information content (AvgIpc) is 1.86. The number of hydrogen-bond acceptors (Lipinski definition) is 3. The van der Waals surface area contributed by atoms with E-state index in [-0.39, 0.29) is 12.8 Å². The molecule has 0 aliphatic heterocycles. The quantitative estimate of drug-likeness (QED) is 0.408. The molecule has 0 aliphatic carbocycles. The fourth-order valence-electron chi connectivity index (χ4n) is 0.420. The number of carboxylic acids is 2. The Kier molecular flexibility index (Phi) is 3.72. The molecular weight excluding hydrogens is 152 g/mol. The van der Waals surface area contributed by atoms with Crippen molar-refractivity contribution in [1.82, 2.24) is 0 Å². The van der Waals surface area contributed by atoms with Gasteiger partial charge in [0.1, 0.15) is 0 Å². The number of carbonyl (C=O) groups is 2. The van der Waals surface area contributed by atoms with Gasteiger partial charge in [-0.05, 0) is 12.5 Å². The summed E-state index contributed by atoms with van der Waals surface area (Å²) >= 11 is 0. The second-order valence-electron chi connectivity index (χ2n) is 1.83. The van der Waals surface area contributed by atoms with E-state index in [1.54, 1.807) is 0 Å². The van der Waals surface area contributed by atoms with Gasteiger partial charge in [0.15, 0.2) is 5.76 Å². The Bertz CT molecular complexity index is 193. The maximum Gasteiger partial charge on any atom is 0.370 e. The Hall–Kier alpha value is -1.52. The second-order valence-corrected chi connectivity index (χ2v) is 1.83. The molecule has 0 saturated heterocycles. The van der Waals surface area contributed by atoms with Crippen LogP contribution in [0.2, 0.25) is 0 Å². The van der Waals surface area contributed by atoms with E-state index in [4.69, 9.17) is 15.3 Å². The van der Waals surface area contributed by atoms with E-state index in [1.807, 2.05) is 0 Å². The van der Waals surface area contributed by atoms with Crippen LogP contribution in [-0.4, -0.2) is 27.3 Å². The molecule has 0 heterocycles. The van der Waals surface area contributed by atoms with Crippen LogP contribution in [0, 0.1) is 0 Å². The first-order chi connectivity index (χ1) is 5.04. The molecule has 0 saturated carbocycles. The summed E-state index contributed by atoms with van der Waals surface area (Å²) in [5.74, 6) is -3.29. The van der Waals surface area contributed by atoms with Gasteiger partial charge < -0.3 is 15.3 Å². The van der Waals surface area contributed by atoms with Gasteiger partial charge in [0.25, 0.3) is 0 Å². The third kappa shape index (κ3) is 4.95. The van der Waals surface area contributed by atoms with Crippen LogP contribution < -0.4 is 0 Å². The Labute approximate surface area is 62.6 Å². The second kappa shape index (κ2) is 4.32. The molecule has 5 nitrogen and oxygen atoms in total. The smallest absolute Gasteiger partial charge is 0.370 e. The van der Waals surface area contributed by atoms with Crippen molar-refractivity contribution >= 4 is 11.9 Å². The molecule has 0 atom stereocenters. The number of aliphatic hydroxyl groups excluding tert-OH is 1. The third-order valence-corrected chi connectivity index (χ3v) is 0.915. The summed E-state index contributed by atoms with van der Waals surface area (Å²) in [6, 6.07) is 0. The van der Waals surface area contributed by atoms with Crippen molar-refractivity contribution in [3.63, 3.8) is 0 Å². The lowest BCUT2D eigenvalue weighted by Gasteiger charge is -1.90. The van der Waals surface area contributed by atoms with Crippen LogP contribution in [0.5, 0.6) is 0 Å². The van der Waals surface area contributed by atoms with Gasteiger partial charge in [0, 0.05) is 6.42 Å². The van der Waals surface area contributed by atoms with E-state index in [9.17, 15) is 9.59 Å². The summed E-state index contributed by atoms with van der Waals surface area (Å²) in [5, 5.41) is 24.7. The first-order valence-electron chi connectivity index (χ1n) is 2.88. The van der Waals surface area contributed by atoms with Crippen LogP contribution in [0.3, 0.4) is 0 Å². The van der Waals surface area contributed by atoms with Gasteiger partial charge in [-0.25, -0.2) is 4.79 Å². The van der Waals surface area contributed by atoms with E-state index >= 15 is 0 Å². The highest BCUT2D eigenvalue weighted by Crippen LogP contribution is 1.95. The molecule has 62 valence electrons. The lowest BCUT2D eigenvalue weighted by molar-refractivity contribution is -0.137. The summed E-state index contributed by atoms with van der Waals surface area (Å²) in [6.07, 6.45) is 0.793. The summed E-state index contributed by atoms with van der Waals surface area (Å²) in [4.78, 5) is 19.8. The normalized spacial score (nSPS) is 11.1. The van der Waals surface area contributed by atoms with Crippen molar-refractivity contribution in [2.45, 2.75) is 12.8 Å². The van der Waals surface area contributed by atoms with Crippen molar-refractivity contribution in [2.75, 3.05) is 0 Å². The topological polar surface area (TPSA) is 94.8 Å². The first-order valence-corrected chi connectivity index (χ1v) is 2.88. The minimum Gasteiger partial charge on any atom is -0.502 e. The monoisotopic (exact) mass is 160 g/mol. The molecule has 0 aliphatic rings. The van der Waals surface area contributed by atoms with Gasteiger partial charge in [-0.1, -0.05) is 0 Å². The zero-order valence-electron chi connectivity index (χ0n) is 5.65. The van der Waals surface area contributed by atoms with Gasteiger partial charge in [0.2, 0.25) is 0 Å². The molecule has 3 N–H and O–H groups in total. The van der Waals surface area contributed by atoms with Crippen LogP contribution in [0.1, 0.15) is 12.8 Å². The Morgan fingerprint density at radius 1 is 1.18 bits per heavy atom. The van der Waals surface area contributed by atoms with Gasteiger partial charge in [0.05, 0.1) is 0 Å². The SMILES string of the molecule is O=C(O)CCC=C(O)C(=O)O. The van der Waals surface area contributed by atoms with Crippen molar-refractivity contribution in [3.8, 4) is 0 Å². The van der Waals surface area contributed by atoms with Gasteiger partial charge >= 0.3 is 11.9 Å². The Morgan fingerprint density at radius 2 is 1.73 bits per heavy atom. The Morgan fingerprint density at radius 3 is 2.09 bits per heavy atom. The fraction of sp³-hybridized carbons (Fsp3) is 0.333. The summed E-state index contributed by atoms with van der Waals surface area (Å²) in [6.45, 7) is 0. The van der Waals surface area contributed by atoms with E-state index < -0.39 is 17.7 Å². The molecule has 0 aromatic rings. The van der Waals surface area contributed by atoms with Gasteiger partial charge in [-0.2, -0.15) is 0 Å². The first kappa shape index (κ1) is 9.48. The van der Waals surface area contributed by atoms with Crippen molar-refractivity contribution in [3.05, 3.63) is 11.8 Å². The van der Waals surface area contributed by atoms with E-state index in [0.29, 0.717) is 0 Å². The number of aliphatic hydroxyl groups is 1. The molecule has 0 bridgehead atoms. The molecule has 0 amide bonds. The highest BCUT2D eigenvalue weighted by Gasteiger charge is 2.02. The predicted octanol–water partition coefficient (Wildman–Crippen LogP) is 0.378. The summed E-state index contributed by atoms with van der Waals surface area (Å²) in [7, 11) is 0. The Balaban J connectivity index is 3.74. The zero-order chi connectivity index (χ0) is 8.85. The fourth-order valence-corrected chi connectivity index (χ4v) is 0.420. The number of allylic oxidation sites excluding steroid dienone is 1. The van der Waals surface area contributed by atoms with Gasteiger partial charge in [-0.3, -0.25) is 4.79 Å². The number of hydrogen-bond donors (Lipinski definition) is 3. The highest BCUT2D eigenvalue weighted by molar-refractivity contribution is 5.83. The molecule has 0 aromatic carbocycles. The molecular formula is C6H8O5. The molecule has 0 aromatic heterocycles. The molecule has 0 rings (SSSR count). The predicted molar refractivity (Wildman–Crippen MR) is 35.2 cm³/mol. The molecule has 0 fully saturated rings. The number of aliphatic carboxylic acids is 2. The third-order valence-electron chi connectivity index (χ3n) is 0.915. The van der Waals surface area contributed by atoms with Crippen LogP contribution in [0.15, 0.2) is 11.8 Å². The maximum absolute atomic E-state index is 9.91. The highest BCUT2D eigenvalue weighted by atomic mass is 16.4. The number of carboxylic acid groups (broad SMARTS) is 2. The van der Waals surface area contributed by atoms with Crippen LogP contribution in [0.4, 0.5) is 0 Å². The lowest BCUT2D eigenvalue weighted by atomic mass is 10.3. The maximum atomic E-state index is 9.91. The van der Waals surface area contributed by atoms with Crippen molar-refractivity contribution in [2.24, 2.45) is 0 Å². The van der Waals surface area contributed by atoms with E-state index in [1.165, 1.54) is 0 Å². The van der Waals surface area contributed by atoms with Crippen molar-refractivity contribution in [1.29, 1.82) is 0 Å². The summed E-state index contributed by atoms with van der Waals surface area (Å²) < 4.78 is 0. The molecule has 11 heavy (non-hydrogen) atoms. The lowest BCUT2D eigenvalue weighted by Crippen LogP contribution is -1.99. The zero-order valence-corrected chi connectivity index (χ0v) is 5.65. The molecule has 0 spiro atoms. The van der Waals surface area contributed by atoms with Crippen LogP contribution in [0.25, 0.3) is 0 Å². The standard InChI is InChI=1S/C6H8O5/c7-4(6(10)11)2-1-3-5(8)9/h2,7H,1,3H2,(H,8,9)(H,10,11). The van der Waals surface area contributed by atoms with Crippen molar-refractivity contribution < 1.29 is 24.9 Å². The van der Waals surface area contributed by atoms with E-state index in [0.717, 1.165) is 6.08 Å². The van der Waals surface area contributed by atoms with Crippen LogP contribution >= 0.6 is 0 Å². The summed E-state index contributed by atoms with van der Waals surface area (Å²) in [5.41, 5.74) is 0. The minimum absolute atomic E-state index is 0.0213.